The van der Waals surface area contributed by atoms with Gasteiger partial charge in [0.2, 0.25) is 5.89 Å². The van der Waals surface area contributed by atoms with Gasteiger partial charge in [-0.15, -0.1) is 0 Å². The summed E-state index contributed by atoms with van der Waals surface area (Å²) in [5.74, 6) is 1.37. The predicted molar refractivity (Wildman–Crippen MR) is 93.1 cm³/mol. The van der Waals surface area contributed by atoms with Crippen molar-refractivity contribution in [2.75, 3.05) is 11.9 Å². The Balaban J connectivity index is 1.51. The first-order valence-electron chi connectivity index (χ1n) is 8.34. The highest BCUT2D eigenvalue weighted by Gasteiger charge is 2.31. The summed E-state index contributed by atoms with van der Waals surface area (Å²) in [6, 6.07) is 11.1. The average Bonchev–Trinajstić information content (AvgIpc) is 3.36. The third-order valence-electron chi connectivity index (χ3n) is 4.37. The van der Waals surface area contributed by atoms with Crippen LogP contribution in [0.2, 0.25) is 0 Å². The van der Waals surface area contributed by atoms with Gasteiger partial charge in [0, 0.05) is 17.8 Å². The monoisotopic (exact) mass is 337 g/mol. The lowest BCUT2D eigenvalue weighted by molar-refractivity contribution is 0.200. The van der Waals surface area contributed by atoms with E-state index in [1.165, 1.54) is 0 Å². The fourth-order valence-electron chi connectivity index (χ4n) is 3.20. The van der Waals surface area contributed by atoms with Crippen LogP contribution in [-0.2, 0) is 0 Å². The van der Waals surface area contributed by atoms with Crippen molar-refractivity contribution in [3.8, 4) is 11.5 Å². The number of likely N-dealkylation sites (tertiary alicyclic amines) is 1. The number of urea groups is 1. The maximum atomic E-state index is 12.7. The fourth-order valence-corrected chi connectivity index (χ4v) is 3.20. The molecule has 0 spiro atoms. The van der Waals surface area contributed by atoms with Gasteiger partial charge in [0.15, 0.2) is 0 Å². The Kier molecular flexibility index (Phi) is 4.01. The SMILES string of the molecule is Cc1coc(-c2cccc(NC(=O)N3CCCC3c3ccco3)c2)n1. The zero-order valence-electron chi connectivity index (χ0n) is 13.9. The average molecular weight is 337 g/mol. The van der Waals surface area contributed by atoms with Crippen molar-refractivity contribution in [2.24, 2.45) is 0 Å². The lowest BCUT2D eigenvalue weighted by Crippen LogP contribution is -2.34. The number of nitrogens with zero attached hydrogens (tertiary/aromatic N) is 2. The molecule has 1 N–H and O–H groups in total. The minimum Gasteiger partial charge on any atom is -0.467 e. The van der Waals surface area contributed by atoms with Gasteiger partial charge in [-0.05, 0) is 50.1 Å². The molecule has 1 aromatic carbocycles. The molecule has 128 valence electrons. The van der Waals surface area contributed by atoms with Crippen LogP contribution in [-0.4, -0.2) is 22.5 Å². The molecule has 1 unspecified atom stereocenters. The fraction of sp³-hybridized carbons (Fsp3) is 0.263. The summed E-state index contributed by atoms with van der Waals surface area (Å²) in [5, 5.41) is 2.97. The lowest BCUT2D eigenvalue weighted by Gasteiger charge is -2.23. The highest BCUT2D eigenvalue weighted by molar-refractivity contribution is 5.90. The van der Waals surface area contributed by atoms with Crippen molar-refractivity contribution in [1.29, 1.82) is 0 Å². The third kappa shape index (κ3) is 3.15. The van der Waals surface area contributed by atoms with E-state index in [0.29, 0.717) is 11.6 Å². The van der Waals surface area contributed by atoms with Crippen LogP contribution in [0.1, 0.15) is 30.3 Å². The van der Waals surface area contributed by atoms with Crippen molar-refractivity contribution in [1.82, 2.24) is 9.88 Å². The van der Waals surface area contributed by atoms with Gasteiger partial charge in [-0.1, -0.05) is 6.07 Å². The number of rotatable bonds is 3. The molecule has 3 aromatic rings. The Morgan fingerprint density at radius 3 is 2.96 bits per heavy atom. The first kappa shape index (κ1) is 15.5. The molecule has 3 heterocycles. The number of hydrogen-bond donors (Lipinski definition) is 1. The molecular weight excluding hydrogens is 318 g/mol. The van der Waals surface area contributed by atoms with E-state index in [4.69, 9.17) is 8.83 Å². The van der Waals surface area contributed by atoms with E-state index in [-0.39, 0.29) is 12.1 Å². The van der Waals surface area contributed by atoms with Crippen LogP contribution in [0.5, 0.6) is 0 Å². The molecule has 6 heteroatoms. The summed E-state index contributed by atoms with van der Waals surface area (Å²) in [5.41, 5.74) is 2.36. The van der Waals surface area contributed by atoms with E-state index in [1.54, 1.807) is 12.5 Å². The summed E-state index contributed by atoms with van der Waals surface area (Å²) < 4.78 is 10.9. The summed E-state index contributed by atoms with van der Waals surface area (Å²) in [6.07, 6.45) is 5.13. The van der Waals surface area contributed by atoms with Gasteiger partial charge in [0.05, 0.1) is 18.0 Å². The van der Waals surface area contributed by atoms with Crippen LogP contribution >= 0.6 is 0 Å². The highest BCUT2D eigenvalue weighted by atomic mass is 16.3. The topological polar surface area (TPSA) is 71.5 Å². The summed E-state index contributed by atoms with van der Waals surface area (Å²) in [6.45, 7) is 2.59. The number of carbonyl (C=O) groups is 1. The second kappa shape index (κ2) is 6.47. The van der Waals surface area contributed by atoms with Gasteiger partial charge in [0.1, 0.15) is 12.0 Å². The number of nitrogens with one attached hydrogen (secondary N) is 1. The molecule has 1 aliphatic heterocycles. The molecule has 1 aliphatic rings. The van der Waals surface area contributed by atoms with Crippen LogP contribution in [0.25, 0.3) is 11.5 Å². The first-order chi connectivity index (χ1) is 12.2. The molecular formula is C19H19N3O3. The van der Waals surface area contributed by atoms with E-state index in [9.17, 15) is 4.79 Å². The molecule has 0 bridgehead atoms. The second-order valence-electron chi connectivity index (χ2n) is 6.17. The molecule has 6 nitrogen and oxygen atoms in total. The number of aryl methyl sites for hydroxylation is 1. The van der Waals surface area contributed by atoms with Crippen LogP contribution in [0.4, 0.5) is 10.5 Å². The number of anilines is 1. The molecule has 1 atom stereocenters. The third-order valence-corrected chi connectivity index (χ3v) is 4.37. The van der Waals surface area contributed by atoms with Gasteiger partial charge < -0.3 is 19.1 Å². The van der Waals surface area contributed by atoms with Crippen molar-refractivity contribution in [2.45, 2.75) is 25.8 Å². The zero-order valence-corrected chi connectivity index (χ0v) is 13.9. The molecule has 2 aromatic heterocycles. The van der Waals surface area contributed by atoms with Gasteiger partial charge in [-0.25, -0.2) is 9.78 Å². The molecule has 2 amide bonds. The molecule has 0 radical (unpaired) electrons. The van der Waals surface area contributed by atoms with E-state index in [0.717, 1.165) is 36.4 Å². The van der Waals surface area contributed by atoms with Gasteiger partial charge in [-0.2, -0.15) is 0 Å². The van der Waals surface area contributed by atoms with Gasteiger partial charge in [0.25, 0.3) is 0 Å². The number of hydrogen-bond acceptors (Lipinski definition) is 4. The first-order valence-corrected chi connectivity index (χ1v) is 8.34. The minimum atomic E-state index is -0.125. The molecule has 0 aliphatic carbocycles. The number of aromatic nitrogens is 1. The second-order valence-corrected chi connectivity index (χ2v) is 6.17. The summed E-state index contributed by atoms with van der Waals surface area (Å²) in [4.78, 5) is 18.8. The zero-order chi connectivity index (χ0) is 17.2. The molecule has 4 rings (SSSR count). The van der Waals surface area contributed by atoms with Crippen LogP contribution in [0, 0.1) is 6.92 Å². The van der Waals surface area contributed by atoms with E-state index in [1.807, 2.05) is 48.2 Å². The number of furan rings is 1. The number of oxazole rings is 1. The van der Waals surface area contributed by atoms with E-state index >= 15 is 0 Å². The van der Waals surface area contributed by atoms with Crippen molar-refractivity contribution in [3.63, 3.8) is 0 Å². The normalized spacial score (nSPS) is 17.0. The maximum Gasteiger partial charge on any atom is 0.322 e. The minimum absolute atomic E-state index is 0.00688. The quantitative estimate of drug-likeness (QED) is 0.757. The molecule has 0 saturated carbocycles. The van der Waals surface area contributed by atoms with Crippen LogP contribution in [0.3, 0.4) is 0 Å². The molecule has 25 heavy (non-hydrogen) atoms. The Labute approximate surface area is 145 Å². The van der Waals surface area contributed by atoms with Gasteiger partial charge in [-0.3, -0.25) is 0 Å². The maximum absolute atomic E-state index is 12.7. The van der Waals surface area contributed by atoms with Crippen molar-refractivity contribution >= 4 is 11.7 Å². The Hall–Kier alpha value is -3.02. The predicted octanol–water partition coefficient (Wildman–Crippen LogP) is 4.61. The summed E-state index contributed by atoms with van der Waals surface area (Å²) in [7, 11) is 0. The standard InChI is InChI=1S/C19H19N3O3/c1-13-12-25-18(20-13)14-5-2-6-15(11-14)21-19(23)22-9-3-7-16(22)17-8-4-10-24-17/h2,4-6,8,10-12,16H,3,7,9H2,1H3,(H,21,23). The number of carbonyl (C=O) groups excluding carboxylic acids is 1. The lowest BCUT2D eigenvalue weighted by atomic mass is 10.1. The summed E-state index contributed by atoms with van der Waals surface area (Å²) >= 11 is 0. The molecule has 1 fully saturated rings. The Morgan fingerprint density at radius 2 is 2.20 bits per heavy atom. The number of amides is 2. The smallest absolute Gasteiger partial charge is 0.322 e. The Bertz CT molecular complexity index is 870. The van der Waals surface area contributed by atoms with Crippen molar-refractivity contribution < 1.29 is 13.6 Å². The van der Waals surface area contributed by atoms with E-state index in [2.05, 4.69) is 10.3 Å². The number of benzene rings is 1. The largest absolute Gasteiger partial charge is 0.467 e. The van der Waals surface area contributed by atoms with Crippen molar-refractivity contribution in [3.05, 3.63) is 60.4 Å². The van der Waals surface area contributed by atoms with Crippen LogP contribution < -0.4 is 5.32 Å². The van der Waals surface area contributed by atoms with Gasteiger partial charge >= 0.3 is 6.03 Å². The van der Waals surface area contributed by atoms with Crippen LogP contribution in [0.15, 0.2) is 57.8 Å². The highest BCUT2D eigenvalue weighted by Crippen LogP contribution is 2.32. The molecule has 1 saturated heterocycles. The van der Waals surface area contributed by atoms with E-state index < -0.39 is 0 Å². The Morgan fingerprint density at radius 1 is 1.28 bits per heavy atom.